The lowest BCUT2D eigenvalue weighted by Gasteiger charge is -2.17. The Morgan fingerprint density at radius 3 is 2.67 bits per heavy atom. The molecule has 2 aliphatic heterocycles. The Kier molecular flexibility index (Phi) is 11.8. The first kappa shape index (κ1) is 27.2. The molecular weight excluding hydrogens is 446 g/mol. The third-order valence-electron chi connectivity index (χ3n) is 6.14. The highest BCUT2D eigenvalue weighted by Gasteiger charge is 2.42. The molecule has 4 amide bonds. The molecule has 5 atom stereocenters. The Hall–Kier alpha value is -2.01. The summed E-state index contributed by atoms with van der Waals surface area (Å²) >= 11 is 1.88. The maximum atomic E-state index is 12.1. The van der Waals surface area contributed by atoms with Gasteiger partial charge in [0.05, 0.1) is 18.1 Å². The lowest BCUT2D eigenvalue weighted by atomic mass is 10.0. The number of carbonyl (C=O) groups excluding carboxylic acids is 3. The summed E-state index contributed by atoms with van der Waals surface area (Å²) in [6.45, 7) is 2.49. The second-order valence-electron chi connectivity index (χ2n) is 8.86. The van der Waals surface area contributed by atoms with E-state index >= 15 is 0 Å². The van der Waals surface area contributed by atoms with Gasteiger partial charge >= 0.3 is 12.0 Å². The molecule has 2 saturated heterocycles. The van der Waals surface area contributed by atoms with Crippen LogP contribution in [-0.4, -0.2) is 70.6 Å². The van der Waals surface area contributed by atoms with Crippen molar-refractivity contribution in [3.63, 3.8) is 0 Å². The molecule has 2 fully saturated rings. The van der Waals surface area contributed by atoms with E-state index in [2.05, 4.69) is 21.3 Å². The maximum absolute atomic E-state index is 12.1. The van der Waals surface area contributed by atoms with Crippen LogP contribution in [0.15, 0.2) is 0 Å². The van der Waals surface area contributed by atoms with Crippen LogP contribution in [0, 0.1) is 0 Å². The number of fused-ring (bicyclic) bond motifs is 1. The molecule has 0 bridgehead atoms. The van der Waals surface area contributed by atoms with Gasteiger partial charge in [-0.1, -0.05) is 26.2 Å². The average Bonchev–Trinajstić information content (AvgIpc) is 3.32. The molecule has 11 heteroatoms. The van der Waals surface area contributed by atoms with Crippen molar-refractivity contribution in [3.8, 4) is 0 Å². The van der Waals surface area contributed by atoms with Gasteiger partial charge < -0.3 is 32.1 Å². The lowest BCUT2D eigenvalue weighted by Crippen LogP contribution is -2.48. The second-order valence-corrected chi connectivity index (χ2v) is 10.1. The summed E-state index contributed by atoms with van der Waals surface area (Å²) in [5, 5.41) is 20.9. The van der Waals surface area contributed by atoms with Crippen LogP contribution in [0.4, 0.5) is 4.79 Å². The van der Waals surface area contributed by atoms with E-state index in [1.54, 1.807) is 0 Å². The molecule has 0 aliphatic carbocycles. The highest BCUT2D eigenvalue weighted by molar-refractivity contribution is 8.00. The number of rotatable bonds is 16. The first-order valence-corrected chi connectivity index (χ1v) is 13.1. The smallest absolute Gasteiger partial charge is 0.326 e. The van der Waals surface area contributed by atoms with Crippen LogP contribution in [-0.2, 0) is 14.4 Å². The third kappa shape index (κ3) is 9.40. The first-order valence-electron chi connectivity index (χ1n) is 12.1. The van der Waals surface area contributed by atoms with Crippen LogP contribution >= 0.6 is 11.8 Å². The number of carboxylic acids is 1. The number of hydrogen-bond donors (Lipinski definition) is 6. The predicted molar refractivity (Wildman–Crippen MR) is 128 cm³/mol. The van der Waals surface area contributed by atoms with Crippen LogP contribution < -0.4 is 27.0 Å². The monoisotopic (exact) mass is 485 g/mol. The van der Waals surface area contributed by atoms with E-state index < -0.39 is 24.0 Å². The van der Waals surface area contributed by atoms with Gasteiger partial charge in [0.2, 0.25) is 11.8 Å². The summed E-state index contributed by atoms with van der Waals surface area (Å²) in [5.41, 5.74) is 5.89. The van der Waals surface area contributed by atoms with E-state index in [1.807, 2.05) is 18.7 Å². The number of hydrogen-bond acceptors (Lipinski definition) is 6. The number of nitrogens with two attached hydrogens (primary N) is 1. The van der Waals surface area contributed by atoms with Gasteiger partial charge in [-0.3, -0.25) is 9.59 Å². The van der Waals surface area contributed by atoms with E-state index in [1.165, 1.54) is 0 Å². The van der Waals surface area contributed by atoms with E-state index in [0.29, 0.717) is 43.9 Å². The molecule has 0 unspecified atom stereocenters. The fourth-order valence-electron chi connectivity index (χ4n) is 4.16. The number of nitrogens with one attached hydrogen (secondary N) is 4. The average molecular weight is 486 g/mol. The minimum absolute atomic E-state index is 0.0186. The molecule has 0 saturated carbocycles. The summed E-state index contributed by atoms with van der Waals surface area (Å²) in [7, 11) is 0. The summed E-state index contributed by atoms with van der Waals surface area (Å²) in [6.07, 6.45) is 7.02. The van der Waals surface area contributed by atoms with E-state index in [0.717, 1.165) is 37.9 Å². The van der Waals surface area contributed by atoms with Crippen molar-refractivity contribution in [3.05, 3.63) is 0 Å². The molecule has 2 heterocycles. The molecule has 7 N–H and O–H groups in total. The molecule has 10 nitrogen and oxygen atoms in total. The van der Waals surface area contributed by atoms with Crippen molar-refractivity contribution in [2.45, 2.75) is 101 Å². The fraction of sp³-hybridized carbons (Fsp3) is 0.818. The number of unbranched alkanes of at least 4 members (excludes halogenated alkanes) is 3. The molecule has 33 heavy (non-hydrogen) atoms. The maximum Gasteiger partial charge on any atom is 0.326 e. The molecular formula is C22H39N5O5S. The molecule has 2 aliphatic rings. The van der Waals surface area contributed by atoms with Gasteiger partial charge in [-0.05, 0) is 38.5 Å². The van der Waals surface area contributed by atoms with Gasteiger partial charge in [0, 0.05) is 24.0 Å². The molecule has 0 aromatic heterocycles. The van der Waals surface area contributed by atoms with Gasteiger partial charge in [-0.25, -0.2) is 9.59 Å². The first-order chi connectivity index (χ1) is 15.8. The largest absolute Gasteiger partial charge is 0.480 e. The van der Waals surface area contributed by atoms with Crippen molar-refractivity contribution in [2.24, 2.45) is 5.73 Å². The van der Waals surface area contributed by atoms with Gasteiger partial charge in [0.25, 0.3) is 0 Å². The van der Waals surface area contributed by atoms with E-state index in [-0.39, 0.29) is 24.0 Å². The number of amides is 4. The van der Waals surface area contributed by atoms with Crippen molar-refractivity contribution in [1.29, 1.82) is 0 Å². The van der Waals surface area contributed by atoms with Crippen LogP contribution in [0.3, 0.4) is 0 Å². The lowest BCUT2D eigenvalue weighted by molar-refractivity contribution is -0.142. The van der Waals surface area contributed by atoms with Gasteiger partial charge in [0.1, 0.15) is 6.04 Å². The summed E-state index contributed by atoms with van der Waals surface area (Å²) < 4.78 is 0. The Bertz CT molecular complexity index is 680. The molecule has 188 valence electrons. The highest BCUT2D eigenvalue weighted by Crippen LogP contribution is 2.33. The number of aliphatic carboxylic acids is 1. The standard InChI is InChI=1S/C22H39N5O5S/c1-2-3-9-15(21(30)31)25-20(29)14(23)8-6-7-12-24-18(28)11-5-4-10-17-19-16(13-33-17)26-22(32)27-19/h14-17,19H,2-13,23H2,1H3,(H,24,28)(H,25,29)(H,30,31)(H2,26,27,32)/t14-,15-,16-,17-,19-/m0/s1. The molecule has 2 rings (SSSR count). The zero-order chi connectivity index (χ0) is 24.2. The molecule has 0 aromatic carbocycles. The Morgan fingerprint density at radius 1 is 1.15 bits per heavy atom. The minimum Gasteiger partial charge on any atom is -0.480 e. The van der Waals surface area contributed by atoms with Crippen LogP contribution in [0.25, 0.3) is 0 Å². The van der Waals surface area contributed by atoms with Gasteiger partial charge in [-0.2, -0.15) is 11.8 Å². The van der Waals surface area contributed by atoms with Crippen molar-refractivity contribution >= 4 is 35.6 Å². The number of thioether (sulfide) groups is 1. The Morgan fingerprint density at radius 2 is 1.94 bits per heavy atom. The quantitative estimate of drug-likeness (QED) is 0.141. The normalized spacial score (nSPS) is 23.2. The fourth-order valence-corrected chi connectivity index (χ4v) is 5.70. The molecule has 0 radical (unpaired) electrons. The zero-order valence-corrected chi connectivity index (χ0v) is 20.3. The van der Waals surface area contributed by atoms with Crippen LogP contribution in [0.5, 0.6) is 0 Å². The summed E-state index contributed by atoms with van der Waals surface area (Å²) in [5.74, 6) is -0.522. The SMILES string of the molecule is CCCC[C@H](NC(=O)[C@@H](N)CCCCNC(=O)CCCC[C@@H]1SC[C@@H]2NC(=O)N[C@@H]21)C(=O)O. The zero-order valence-electron chi connectivity index (χ0n) is 19.4. The van der Waals surface area contributed by atoms with Crippen molar-refractivity contribution in [1.82, 2.24) is 21.3 Å². The highest BCUT2D eigenvalue weighted by atomic mass is 32.2. The Labute approximate surface area is 199 Å². The second kappa shape index (κ2) is 14.3. The molecule has 0 aromatic rings. The summed E-state index contributed by atoms with van der Waals surface area (Å²) in [4.78, 5) is 46.8. The van der Waals surface area contributed by atoms with Gasteiger partial charge in [0.15, 0.2) is 0 Å². The topological polar surface area (TPSA) is 163 Å². The van der Waals surface area contributed by atoms with Crippen molar-refractivity contribution < 1.29 is 24.3 Å². The van der Waals surface area contributed by atoms with E-state index in [9.17, 15) is 24.3 Å². The van der Waals surface area contributed by atoms with Crippen LogP contribution in [0.1, 0.15) is 71.1 Å². The van der Waals surface area contributed by atoms with Crippen molar-refractivity contribution in [2.75, 3.05) is 12.3 Å². The Balaban J connectivity index is 1.48. The molecule has 0 spiro atoms. The van der Waals surface area contributed by atoms with Gasteiger partial charge in [-0.15, -0.1) is 0 Å². The summed E-state index contributed by atoms with van der Waals surface area (Å²) in [6, 6.07) is -1.29. The predicted octanol–water partition coefficient (Wildman–Crippen LogP) is 1.09. The number of carboxylic acid groups (broad SMARTS) is 1. The number of carbonyl (C=O) groups is 4. The number of urea groups is 1. The third-order valence-corrected chi connectivity index (χ3v) is 7.65. The van der Waals surface area contributed by atoms with Crippen LogP contribution in [0.2, 0.25) is 0 Å². The van der Waals surface area contributed by atoms with E-state index in [4.69, 9.17) is 5.73 Å². The minimum atomic E-state index is -1.04.